The fourth-order valence-electron chi connectivity index (χ4n) is 0.855. The Hall–Kier alpha value is -0.500. The van der Waals surface area contributed by atoms with Gasteiger partial charge >= 0.3 is 0 Å². The second-order valence-electron chi connectivity index (χ2n) is 2.47. The first-order valence-electron chi connectivity index (χ1n) is 2.78. The van der Waals surface area contributed by atoms with Gasteiger partial charge in [-0.2, -0.15) is 0 Å². The zero-order valence-corrected chi connectivity index (χ0v) is 4.97. The molecular formula is C6H8O2. The molecule has 0 bridgehead atoms. The van der Waals surface area contributed by atoms with E-state index in [4.69, 9.17) is 9.47 Å². The molecule has 0 aromatic heterocycles. The molecule has 0 N–H and O–H groups in total. The minimum absolute atomic E-state index is 0.0417. The predicted octanol–water partition coefficient (Wildman–Crippen LogP) is 1.04. The number of hydrogen-bond donors (Lipinski definition) is 0. The minimum atomic E-state index is -0.0417. The van der Waals surface area contributed by atoms with Crippen molar-refractivity contribution in [3.63, 3.8) is 0 Å². The summed E-state index contributed by atoms with van der Waals surface area (Å²) in [6, 6.07) is 0. The zero-order chi connectivity index (χ0) is 5.78. The van der Waals surface area contributed by atoms with Crippen LogP contribution in [0.3, 0.4) is 0 Å². The molecule has 0 saturated carbocycles. The summed E-state index contributed by atoms with van der Waals surface area (Å²) in [5, 5.41) is 0. The van der Waals surface area contributed by atoms with Crippen LogP contribution in [0.25, 0.3) is 0 Å². The quantitative estimate of drug-likeness (QED) is 0.473. The minimum Gasteiger partial charge on any atom is -0.459 e. The highest BCUT2D eigenvalue weighted by molar-refractivity contribution is 5.25. The topological polar surface area (TPSA) is 25.1 Å². The van der Waals surface area contributed by atoms with Gasteiger partial charge in [-0.1, -0.05) is 0 Å². The Morgan fingerprint density at radius 2 is 2.25 bits per heavy atom. The molecule has 2 nitrogen and oxygen atoms in total. The molecule has 2 aliphatic rings. The van der Waals surface area contributed by atoms with Crippen molar-refractivity contribution in [2.24, 2.45) is 0 Å². The fourth-order valence-corrected chi connectivity index (χ4v) is 0.855. The lowest BCUT2D eigenvalue weighted by Crippen LogP contribution is -2.04. The maximum atomic E-state index is 5.23. The molecule has 2 heterocycles. The summed E-state index contributed by atoms with van der Waals surface area (Å²) in [7, 11) is 0. The summed E-state index contributed by atoms with van der Waals surface area (Å²) in [6.45, 7) is 4.08. The van der Waals surface area contributed by atoms with Crippen LogP contribution in [0.4, 0.5) is 0 Å². The molecule has 2 unspecified atom stereocenters. The lowest BCUT2D eigenvalue weighted by molar-refractivity contribution is 0.306. The van der Waals surface area contributed by atoms with Gasteiger partial charge in [0.25, 0.3) is 0 Å². The van der Waals surface area contributed by atoms with Gasteiger partial charge in [0, 0.05) is 0 Å². The molecule has 2 atom stereocenters. The van der Waals surface area contributed by atoms with Crippen LogP contribution in [0.5, 0.6) is 0 Å². The Morgan fingerprint density at radius 3 is 2.38 bits per heavy atom. The molecule has 2 heteroatoms. The van der Waals surface area contributed by atoms with Crippen LogP contribution >= 0.6 is 0 Å². The highest BCUT2D eigenvalue weighted by Gasteiger charge is 2.57. The highest BCUT2D eigenvalue weighted by Crippen LogP contribution is 2.47. The van der Waals surface area contributed by atoms with Gasteiger partial charge in [-0.3, -0.25) is 0 Å². The molecule has 0 spiro atoms. The summed E-state index contributed by atoms with van der Waals surface area (Å²) in [5.74, 6) is 1.00. The van der Waals surface area contributed by atoms with Gasteiger partial charge < -0.3 is 9.47 Å². The lowest BCUT2D eigenvalue weighted by Gasteiger charge is -1.90. The third-order valence-corrected chi connectivity index (χ3v) is 1.87. The lowest BCUT2D eigenvalue weighted by atomic mass is 10.1. The maximum absolute atomic E-state index is 5.23. The standard InChI is InChI=1S/C6H8O2/c1-4-6(2,8-4)5-3-7-5/h3-4H,1-2H3. The van der Waals surface area contributed by atoms with Gasteiger partial charge in [0.05, 0.1) is 6.10 Å². The molecule has 8 heavy (non-hydrogen) atoms. The van der Waals surface area contributed by atoms with E-state index in [9.17, 15) is 0 Å². The van der Waals surface area contributed by atoms with Crippen molar-refractivity contribution in [3.05, 3.63) is 12.0 Å². The smallest absolute Gasteiger partial charge is 0.172 e. The average Bonchev–Trinajstić information content (AvgIpc) is 2.44. The molecule has 1 saturated heterocycles. The number of ether oxygens (including phenoxy) is 2. The molecule has 2 aliphatic heterocycles. The van der Waals surface area contributed by atoms with Gasteiger partial charge in [0.2, 0.25) is 0 Å². The van der Waals surface area contributed by atoms with Gasteiger partial charge in [0.1, 0.15) is 6.26 Å². The van der Waals surface area contributed by atoms with Crippen LogP contribution in [0.15, 0.2) is 12.0 Å². The van der Waals surface area contributed by atoms with E-state index in [1.807, 2.05) is 13.8 Å². The van der Waals surface area contributed by atoms with E-state index in [0.29, 0.717) is 6.10 Å². The largest absolute Gasteiger partial charge is 0.459 e. The van der Waals surface area contributed by atoms with Crippen LogP contribution in [0, 0.1) is 0 Å². The van der Waals surface area contributed by atoms with E-state index >= 15 is 0 Å². The molecule has 0 aliphatic carbocycles. The Bertz CT molecular complexity index is 162. The van der Waals surface area contributed by atoms with Crippen LogP contribution in [0.2, 0.25) is 0 Å². The second kappa shape index (κ2) is 0.935. The Balaban J connectivity index is 2.15. The van der Waals surface area contributed by atoms with Gasteiger partial charge in [-0.05, 0) is 13.8 Å². The van der Waals surface area contributed by atoms with Crippen molar-refractivity contribution in [3.8, 4) is 0 Å². The Kier molecular flexibility index (Phi) is 0.513. The third kappa shape index (κ3) is 0.364. The van der Waals surface area contributed by atoms with Gasteiger partial charge in [0.15, 0.2) is 11.4 Å². The van der Waals surface area contributed by atoms with Crippen LogP contribution in [0.1, 0.15) is 13.8 Å². The van der Waals surface area contributed by atoms with E-state index in [0.717, 1.165) is 5.76 Å². The van der Waals surface area contributed by atoms with Crippen molar-refractivity contribution < 1.29 is 9.47 Å². The second-order valence-corrected chi connectivity index (χ2v) is 2.47. The molecule has 2 rings (SSSR count). The summed E-state index contributed by atoms with van der Waals surface area (Å²) in [4.78, 5) is 0. The maximum Gasteiger partial charge on any atom is 0.172 e. The first-order valence-corrected chi connectivity index (χ1v) is 2.78. The molecule has 1 fully saturated rings. The molecule has 0 aromatic carbocycles. The van der Waals surface area contributed by atoms with Gasteiger partial charge in [-0.25, -0.2) is 0 Å². The number of hydrogen-bond acceptors (Lipinski definition) is 2. The van der Waals surface area contributed by atoms with E-state index in [1.165, 1.54) is 0 Å². The molecule has 0 aromatic rings. The summed E-state index contributed by atoms with van der Waals surface area (Å²) >= 11 is 0. The molecule has 0 radical (unpaired) electrons. The Morgan fingerprint density at radius 1 is 1.75 bits per heavy atom. The summed E-state index contributed by atoms with van der Waals surface area (Å²) in [5.41, 5.74) is -0.0417. The van der Waals surface area contributed by atoms with Crippen LogP contribution in [-0.2, 0) is 9.47 Å². The normalized spacial score (nSPS) is 49.8. The van der Waals surface area contributed by atoms with Crippen molar-refractivity contribution in [1.29, 1.82) is 0 Å². The zero-order valence-electron chi connectivity index (χ0n) is 4.97. The van der Waals surface area contributed by atoms with Crippen LogP contribution < -0.4 is 0 Å². The summed E-state index contributed by atoms with van der Waals surface area (Å²) < 4.78 is 10.1. The SMILES string of the molecule is CC1OC1(C)C1=CO1. The first kappa shape index (κ1) is 4.39. The van der Waals surface area contributed by atoms with Crippen molar-refractivity contribution in [1.82, 2.24) is 0 Å². The van der Waals surface area contributed by atoms with E-state index in [-0.39, 0.29) is 5.60 Å². The molecular weight excluding hydrogens is 104 g/mol. The van der Waals surface area contributed by atoms with E-state index < -0.39 is 0 Å². The highest BCUT2D eigenvalue weighted by atomic mass is 16.7. The average molecular weight is 112 g/mol. The fraction of sp³-hybridized carbons (Fsp3) is 0.667. The van der Waals surface area contributed by atoms with E-state index in [2.05, 4.69) is 0 Å². The van der Waals surface area contributed by atoms with Crippen LogP contribution in [-0.4, -0.2) is 11.7 Å². The van der Waals surface area contributed by atoms with E-state index in [1.54, 1.807) is 6.26 Å². The van der Waals surface area contributed by atoms with Gasteiger partial charge in [-0.15, -0.1) is 0 Å². The monoisotopic (exact) mass is 112 g/mol. The Labute approximate surface area is 48.1 Å². The number of epoxide rings is 1. The number of rotatable bonds is 1. The summed E-state index contributed by atoms with van der Waals surface area (Å²) in [6.07, 6.45) is 2.10. The van der Waals surface area contributed by atoms with Crippen molar-refractivity contribution in [2.45, 2.75) is 25.6 Å². The van der Waals surface area contributed by atoms with Crippen molar-refractivity contribution >= 4 is 0 Å². The first-order chi connectivity index (χ1) is 3.73. The molecule has 44 valence electrons. The predicted molar refractivity (Wildman–Crippen MR) is 28.1 cm³/mol. The third-order valence-electron chi connectivity index (χ3n) is 1.87. The van der Waals surface area contributed by atoms with Crippen molar-refractivity contribution in [2.75, 3.05) is 0 Å². The molecule has 0 amide bonds.